The standard InChI is InChI=1S/C21H23NO4/c23-13-21(9-10-25-14-21)12-22-20(24)26-11-19-17-7-3-1-5-15(17)16-6-2-4-8-18(16)19/h1-8,19,23H,9-14H2,(H,22,24). The third-order valence-electron chi connectivity index (χ3n) is 5.47. The predicted molar refractivity (Wildman–Crippen MR) is 98.0 cm³/mol. The summed E-state index contributed by atoms with van der Waals surface area (Å²) in [5, 5.41) is 12.4. The molecule has 5 heteroatoms. The highest BCUT2D eigenvalue weighted by atomic mass is 16.5. The van der Waals surface area contributed by atoms with Crippen molar-refractivity contribution in [2.45, 2.75) is 12.3 Å². The van der Waals surface area contributed by atoms with E-state index in [4.69, 9.17) is 9.47 Å². The van der Waals surface area contributed by atoms with Gasteiger partial charge in [-0.25, -0.2) is 4.79 Å². The molecule has 2 aromatic carbocycles. The van der Waals surface area contributed by atoms with Gasteiger partial charge < -0.3 is 19.9 Å². The molecular weight excluding hydrogens is 330 g/mol. The summed E-state index contributed by atoms with van der Waals surface area (Å²) in [6.45, 7) is 1.74. The zero-order chi connectivity index (χ0) is 18.0. The van der Waals surface area contributed by atoms with Gasteiger partial charge in [-0.05, 0) is 28.7 Å². The molecule has 0 radical (unpaired) electrons. The number of ether oxygens (including phenoxy) is 2. The number of fused-ring (bicyclic) bond motifs is 3. The largest absolute Gasteiger partial charge is 0.449 e. The summed E-state index contributed by atoms with van der Waals surface area (Å²) in [6.07, 6.45) is 0.291. The van der Waals surface area contributed by atoms with Crippen LogP contribution in [0.15, 0.2) is 48.5 Å². The highest BCUT2D eigenvalue weighted by Crippen LogP contribution is 2.44. The molecule has 0 spiro atoms. The fourth-order valence-electron chi connectivity index (χ4n) is 3.88. The number of carbonyl (C=O) groups is 1. The summed E-state index contributed by atoms with van der Waals surface area (Å²) in [6, 6.07) is 16.5. The van der Waals surface area contributed by atoms with Gasteiger partial charge >= 0.3 is 6.09 Å². The van der Waals surface area contributed by atoms with E-state index in [1.165, 1.54) is 22.3 Å². The normalized spacial score (nSPS) is 21.3. The molecule has 136 valence electrons. The molecule has 2 aromatic rings. The summed E-state index contributed by atoms with van der Waals surface area (Å²) in [5.74, 6) is 0.0507. The SMILES string of the molecule is O=C(NCC1(CO)CCOC1)OCC1c2ccccc2-c2ccccc21. The van der Waals surface area contributed by atoms with E-state index in [-0.39, 0.29) is 17.9 Å². The molecule has 2 aliphatic rings. The van der Waals surface area contributed by atoms with Crippen molar-refractivity contribution in [3.63, 3.8) is 0 Å². The van der Waals surface area contributed by atoms with E-state index < -0.39 is 6.09 Å². The molecule has 1 aliphatic heterocycles. The lowest BCUT2D eigenvalue weighted by molar-refractivity contribution is 0.0870. The lowest BCUT2D eigenvalue weighted by Crippen LogP contribution is -2.41. The molecule has 0 aromatic heterocycles. The van der Waals surface area contributed by atoms with Gasteiger partial charge in [-0.2, -0.15) is 0 Å². The number of alkyl carbamates (subject to hydrolysis) is 1. The van der Waals surface area contributed by atoms with E-state index in [1.54, 1.807) is 0 Å². The highest BCUT2D eigenvalue weighted by molar-refractivity contribution is 5.79. The first-order valence-electron chi connectivity index (χ1n) is 9.00. The number of nitrogens with one attached hydrogen (secondary N) is 1. The van der Waals surface area contributed by atoms with Crippen molar-refractivity contribution in [2.75, 3.05) is 33.0 Å². The first-order chi connectivity index (χ1) is 12.7. The smallest absolute Gasteiger partial charge is 0.407 e. The Morgan fingerprint density at radius 3 is 2.38 bits per heavy atom. The summed E-state index contributed by atoms with van der Waals surface area (Å²) in [5.41, 5.74) is 4.42. The maximum Gasteiger partial charge on any atom is 0.407 e. The Morgan fingerprint density at radius 2 is 1.81 bits per heavy atom. The number of carbonyl (C=O) groups excluding carboxylic acids is 1. The molecule has 2 N–H and O–H groups in total. The second-order valence-electron chi connectivity index (χ2n) is 7.14. The Balaban J connectivity index is 1.41. The van der Waals surface area contributed by atoms with Crippen molar-refractivity contribution < 1.29 is 19.4 Å². The van der Waals surface area contributed by atoms with Gasteiger partial charge in [0.15, 0.2) is 0 Å². The van der Waals surface area contributed by atoms with Crippen LogP contribution in [0.1, 0.15) is 23.5 Å². The maximum absolute atomic E-state index is 12.2. The van der Waals surface area contributed by atoms with Crippen molar-refractivity contribution in [1.82, 2.24) is 5.32 Å². The molecule has 1 fully saturated rings. The van der Waals surface area contributed by atoms with E-state index in [0.717, 1.165) is 6.42 Å². The molecule has 1 saturated heterocycles. The van der Waals surface area contributed by atoms with Crippen molar-refractivity contribution in [1.29, 1.82) is 0 Å². The molecule has 1 heterocycles. The second kappa shape index (κ2) is 7.09. The second-order valence-corrected chi connectivity index (χ2v) is 7.14. The maximum atomic E-state index is 12.2. The van der Waals surface area contributed by atoms with Crippen molar-refractivity contribution in [3.05, 3.63) is 59.7 Å². The van der Waals surface area contributed by atoms with Gasteiger partial charge in [0.05, 0.1) is 13.2 Å². The zero-order valence-electron chi connectivity index (χ0n) is 14.6. The number of hydrogen-bond donors (Lipinski definition) is 2. The Hall–Kier alpha value is -2.37. The zero-order valence-corrected chi connectivity index (χ0v) is 14.6. The van der Waals surface area contributed by atoms with Gasteiger partial charge in [0.2, 0.25) is 0 Å². The molecule has 0 saturated carbocycles. The van der Waals surface area contributed by atoms with Gasteiger partial charge in [0.1, 0.15) is 6.61 Å². The Bertz CT molecular complexity index is 753. The van der Waals surface area contributed by atoms with E-state index in [0.29, 0.717) is 26.4 Å². The Morgan fingerprint density at radius 1 is 1.15 bits per heavy atom. The van der Waals surface area contributed by atoms with Gasteiger partial charge in [-0.15, -0.1) is 0 Å². The minimum absolute atomic E-state index is 0.00332. The van der Waals surface area contributed by atoms with E-state index in [2.05, 4.69) is 29.6 Å². The number of benzene rings is 2. The van der Waals surface area contributed by atoms with Gasteiger partial charge in [0, 0.05) is 24.5 Å². The van der Waals surface area contributed by atoms with Crippen LogP contribution in [0, 0.1) is 5.41 Å². The topological polar surface area (TPSA) is 67.8 Å². The monoisotopic (exact) mass is 353 g/mol. The molecule has 1 amide bonds. The molecular formula is C21H23NO4. The van der Waals surface area contributed by atoms with Crippen molar-refractivity contribution >= 4 is 6.09 Å². The third kappa shape index (κ3) is 3.08. The van der Waals surface area contributed by atoms with Crippen LogP contribution in [0.2, 0.25) is 0 Å². The Labute approximate surface area is 152 Å². The summed E-state index contributed by atoms with van der Waals surface area (Å²) in [4.78, 5) is 12.2. The average Bonchev–Trinajstić information content (AvgIpc) is 3.28. The lowest BCUT2D eigenvalue weighted by Gasteiger charge is -2.24. The van der Waals surface area contributed by atoms with Crippen LogP contribution in [0.25, 0.3) is 11.1 Å². The minimum Gasteiger partial charge on any atom is -0.449 e. The molecule has 26 heavy (non-hydrogen) atoms. The van der Waals surface area contributed by atoms with Crippen LogP contribution in [0.5, 0.6) is 0 Å². The average molecular weight is 353 g/mol. The van der Waals surface area contributed by atoms with Crippen LogP contribution >= 0.6 is 0 Å². The third-order valence-corrected chi connectivity index (χ3v) is 5.47. The first kappa shape index (κ1) is 17.1. The van der Waals surface area contributed by atoms with Crippen LogP contribution in [-0.4, -0.2) is 44.2 Å². The van der Waals surface area contributed by atoms with E-state index in [9.17, 15) is 9.90 Å². The van der Waals surface area contributed by atoms with Crippen molar-refractivity contribution in [2.24, 2.45) is 5.41 Å². The van der Waals surface area contributed by atoms with Crippen LogP contribution in [-0.2, 0) is 9.47 Å². The highest BCUT2D eigenvalue weighted by Gasteiger charge is 2.35. The predicted octanol–water partition coefficient (Wildman–Crippen LogP) is 2.92. The van der Waals surface area contributed by atoms with Gasteiger partial charge in [0.25, 0.3) is 0 Å². The van der Waals surface area contributed by atoms with Crippen LogP contribution in [0.3, 0.4) is 0 Å². The van der Waals surface area contributed by atoms with E-state index in [1.807, 2.05) is 24.3 Å². The molecule has 5 nitrogen and oxygen atoms in total. The van der Waals surface area contributed by atoms with Crippen LogP contribution < -0.4 is 5.32 Å². The number of rotatable bonds is 5. The first-order valence-corrected chi connectivity index (χ1v) is 9.00. The molecule has 1 unspecified atom stereocenters. The minimum atomic E-state index is -0.452. The lowest BCUT2D eigenvalue weighted by atomic mass is 9.88. The quantitative estimate of drug-likeness (QED) is 0.867. The number of hydrogen-bond acceptors (Lipinski definition) is 4. The number of aliphatic hydroxyl groups is 1. The molecule has 0 bridgehead atoms. The fraction of sp³-hybridized carbons (Fsp3) is 0.381. The number of aliphatic hydroxyl groups excluding tert-OH is 1. The van der Waals surface area contributed by atoms with Gasteiger partial charge in [-0.1, -0.05) is 48.5 Å². The van der Waals surface area contributed by atoms with Crippen molar-refractivity contribution in [3.8, 4) is 11.1 Å². The summed E-state index contributed by atoms with van der Waals surface area (Å²) >= 11 is 0. The molecule has 1 atom stereocenters. The molecule has 4 rings (SSSR count). The van der Waals surface area contributed by atoms with Gasteiger partial charge in [-0.3, -0.25) is 0 Å². The Kier molecular flexibility index (Phi) is 4.66. The number of amides is 1. The summed E-state index contributed by atoms with van der Waals surface area (Å²) < 4.78 is 10.9. The summed E-state index contributed by atoms with van der Waals surface area (Å²) in [7, 11) is 0. The molecule has 1 aliphatic carbocycles. The van der Waals surface area contributed by atoms with E-state index >= 15 is 0 Å². The fourth-order valence-corrected chi connectivity index (χ4v) is 3.88. The van der Waals surface area contributed by atoms with Crippen LogP contribution in [0.4, 0.5) is 4.79 Å².